The maximum atomic E-state index is 13.2. The number of nitrogens with zero attached hydrogens (tertiary/aromatic N) is 1. The smallest absolute Gasteiger partial charge is 0.264 e. The molecule has 3 aromatic rings. The molecule has 1 N–H and O–H groups in total. The van der Waals surface area contributed by atoms with E-state index in [2.05, 4.69) is 16.9 Å². The Morgan fingerprint density at radius 1 is 1.17 bits per heavy atom. The molecule has 1 aliphatic heterocycles. The lowest BCUT2D eigenvalue weighted by Crippen LogP contribution is -2.19. The fourth-order valence-corrected chi connectivity index (χ4v) is 4.62. The number of carbonyl (C=O) groups excluding carboxylic acids is 1. The van der Waals surface area contributed by atoms with Gasteiger partial charge in [-0.25, -0.2) is 9.38 Å². The average Bonchev–Trinajstić information content (AvgIpc) is 3.20. The van der Waals surface area contributed by atoms with Gasteiger partial charge in [-0.2, -0.15) is 0 Å². The lowest BCUT2D eigenvalue weighted by atomic mass is 10.0. The molecule has 0 aromatic heterocycles. The van der Waals surface area contributed by atoms with E-state index in [1.165, 1.54) is 23.9 Å². The van der Waals surface area contributed by atoms with Crippen LogP contribution in [0.5, 0.6) is 11.5 Å². The van der Waals surface area contributed by atoms with Crippen LogP contribution in [0.2, 0.25) is 10.0 Å². The molecule has 0 radical (unpaired) electrons. The van der Waals surface area contributed by atoms with Gasteiger partial charge in [0, 0.05) is 5.56 Å². The molecule has 0 aliphatic carbocycles. The molecule has 1 fully saturated rings. The molecule has 4 rings (SSSR count). The molecular weight excluding hydrogens is 522 g/mol. The highest BCUT2D eigenvalue weighted by molar-refractivity contribution is 8.18. The van der Waals surface area contributed by atoms with Gasteiger partial charge in [0.25, 0.3) is 5.91 Å². The normalized spacial score (nSPS) is 15.3. The van der Waals surface area contributed by atoms with E-state index in [1.54, 1.807) is 55.7 Å². The lowest BCUT2D eigenvalue weighted by molar-refractivity contribution is -0.115. The van der Waals surface area contributed by atoms with Gasteiger partial charge in [-0.05, 0) is 71.8 Å². The van der Waals surface area contributed by atoms with Crippen molar-refractivity contribution >= 4 is 57.8 Å². The number of halogens is 3. The summed E-state index contributed by atoms with van der Waals surface area (Å²) in [5.74, 6) is 0.480. The van der Waals surface area contributed by atoms with E-state index in [-0.39, 0.29) is 18.3 Å². The van der Waals surface area contributed by atoms with Gasteiger partial charge in [-0.3, -0.25) is 4.79 Å². The first-order valence-electron chi connectivity index (χ1n) is 10.8. The summed E-state index contributed by atoms with van der Waals surface area (Å²) in [6, 6.07) is 14.9. The van der Waals surface area contributed by atoms with E-state index in [4.69, 9.17) is 32.7 Å². The molecule has 0 unspecified atom stereocenters. The number of amides is 1. The highest BCUT2D eigenvalue weighted by Crippen LogP contribution is 2.37. The van der Waals surface area contributed by atoms with Gasteiger partial charge in [-0.1, -0.05) is 47.5 Å². The third kappa shape index (κ3) is 6.10. The third-order valence-electron chi connectivity index (χ3n) is 5.14. The number of benzene rings is 3. The molecule has 3 aromatic carbocycles. The van der Waals surface area contributed by atoms with Crippen LogP contribution in [0.4, 0.5) is 10.1 Å². The molecule has 1 aliphatic rings. The summed E-state index contributed by atoms with van der Waals surface area (Å²) in [5, 5.41) is 3.84. The van der Waals surface area contributed by atoms with Gasteiger partial charge in [0.2, 0.25) is 0 Å². The predicted octanol–water partition coefficient (Wildman–Crippen LogP) is 7.34. The van der Waals surface area contributed by atoms with E-state index in [0.29, 0.717) is 43.7 Å². The summed E-state index contributed by atoms with van der Waals surface area (Å²) in [5.41, 5.74) is 2.87. The topological polar surface area (TPSA) is 59.9 Å². The molecular formula is C27H21Cl2FN2O3S. The fourth-order valence-electron chi connectivity index (χ4n) is 3.45. The van der Waals surface area contributed by atoms with Gasteiger partial charge in [0.05, 0.1) is 27.7 Å². The number of hydrogen-bond donors (Lipinski definition) is 1. The Labute approximate surface area is 222 Å². The summed E-state index contributed by atoms with van der Waals surface area (Å²) in [4.78, 5) is 17.5. The Hall–Kier alpha value is -3.26. The zero-order valence-corrected chi connectivity index (χ0v) is 21.5. The monoisotopic (exact) mass is 542 g/mol. The maximum absolute atomic E-state index is 13.2. The molecule has 1 amide bonds. The number of hydrogen-bond acceptors (Lipinski definition) is 5. The van der Waals surface area contributed by atoms with Crippen LogP contribution < -0.4 is 14.8 Å². The number of rotatable bonds is 8. The quantitative estimate of drug-likeness (QED) is 0.239. The van der Waals surface area contributed by atoms with Crippen LogP contribution >= 0.6 is 35.0 Å². The Bertz CT molecular complexity index is 1370. The number of thioether (sulfide) groups is 1. The number of nitrogens with one attached hydrogen (secondary N) is 1. The van der Waals surface area contributed by atoms with Crippen LogP contribution in [0, 0.1) is 5.82 Å². The Balaban J connectivity index is 1.60. The van der Waals surface area contributed by atoms with Gasteiger partial charge in [0.15, 0.2) is 16.7 Å². The van der Waals surface area contributed by atoms with E-state index >= 15 is 0 Å². The van der Waals surface area contributed by atoms with Crippen LogP contribution in [-0.4, -0.2) is 18.2 Å². The molecule has 184 valence electrons. The Morgan fingerprint density at radius 3 is 2.67 bits per heavy atom. The first-order valence-corrected chi connectivity index (χ1v) is 12.4. The standard InChI is InChI=1S/C27H21Cl2FN2O3S/c1-3-5-18-12-17(13-22(34-2)25(18)35-15-16-8-10-19(30)11-9-16)14-23-26(33)32-27(36-23)31-21-7-4-6-20(28)24(21)29/h3-4,6-14H,1,5,15H2,2H3,(H,31,32,33)/b23-14+. The summed E-state index contributed by atoms with van der Waals surface area (Å²) in [6.07, 6.45) is 4.03. The molecule has 0 atom stereocenters. The maximum Gasteiger partial charge on any atom is 0.264 e. The van der Waals surface area contributed by atoms with Gasteiger partial charge in [0.1, 0.15) is 12.4 Å². The fraction of sp³-hybridized carbons (Fsp3) is 0.111. The Kier molecular flexibility index (Phi) is 8.36. The molecule has 0 spiro atoms. The van der Waals surface area contributed by atoms with Crippen molar-refractivity contribution in [2.24, 2.45) is 4.99 Å². The van der Waals surface area contributed by atoms with Crippen molar-refractivity contribution in [1.82, 2.24) is 5.32 Å². The van der Waals surface area contributed by atoms with Crippen LogP contribution in [-0.2, 0) is 17.8 Å². The highest BCUT2D eigenvalue weighted by Gasteiger charge is 2.25. The predicted molar refractivity (Wildman–Crippen MR) is 145 cm³/mol. The van der Waals surface area contributed by atoms with Gasteiger partial charge >= 0.3 is 0 Å². The minimum atomic E-state index is -0.307. The van der Waals surface area contributed by atoms with Crippen molar-refractivity contribution in [3.8, 4) is 11.5 Å². The van der Waals surface area contributed by atoms with Gasteiger partial charge < -0.3 is 14.8 Å². The van der Waals surface area contributed by atoms with Crippen LogP contribution in [0.15, 0.2) is 77.1 Å². The number of aliphatic imine (C=N–C) groups is 1. The number of allylic oxidation sites excluding steroid dienone is 1. The number of methoxy groups -OCH3 is 1. The van der Waals surface area contributed by atoms with Crippen molar-refractivity contribution in [2.75, 3.05) is 7.11 Å². The second-order valence-corrected chi connectivity index (χ2v) is 9.49. The molecule has 1 saturated heterocycles. The summed E-state index contributed by atoms with van der Waals surface area (Å²) in [7, 11) is 1.55. The van der Waals surface area contributed by atoms with Crippen molar-refractivity contribution < 1.29 is 18.7 Å². The zero-order valence-electron chi connectivity index (χ0n) is 19.2. The molecule has 1 heterocycles. The molecule has 0 saturated carbocycles. The van der Waals surface area contributed by atoms with E-state index < -0.39 is 0 Å². The first kappa shape index (κ1) is 25.8. The van der Waals surface area contributed by atoms with Crippen molar-refractivity contribution in [1.29, 1.82) is 0 Å². The molecule has 0 bridgehead atoms. The SMILES string of the molecule is C=CCc1cc(/C=C2/SC(=Nc3cccc(Cl)c3Cl)NC2=O)cc(OC)c1OCc1ccc(F)cc1. The Morgan fingerprint density at radius 2 is 1.94 bits per heavy atom. The van der Waals surface area contributed by atoms with Crippen molar-refractivity contribution in [3.63, 3.8) is 0 Å². The van der Waals surface area contributed by atoms with Gasteiger partial charge in [-0.15, -0.1) is 6.58 Å². The molecule has 5 nitrogen and oxygen atoms in total. The third-order valence-corrected chi connectivity index (χ3v) is 6.86. The summed E-state index contributed by atoms with van der Waals surface area (Å²) in [6.45, 7) is 4.07. The average molecular weight is 543 g/mol. The minimum Gasteiger partial charge on any atom is -0.493 e. The van der Waals surface area contributed by atoms with E-state index in [0.717, 1.165) is 16.7 Å². The van der Waals surface area contributed by atoms with Crippen molar-refractivity contribution in [3.05, 3.63) is 105 Å². The minimum absolute atomic E-state index is 0.241. The van der Waals surface area contributed by atoms with Crippen LogP contribution in [0.3, 0.4) is 0 Å². The number of carbonyl (C=O) groups is 1. The summed E-state index contributed by atoms with van der Waals surface area (Å²) >= 11 is 13.5. The second-order valence-electron chi connectivity index (χ2n) is 7.67. The second kappa shape index (κ2) is 11.6. The van der Waals surface area contributed by atoms with Crippen LogP contribution in [0.25, 0.3) is 6.08 Å². The van der Waals surface area contributed by atoms with E-state index in [9.17, 15) is 9.18 Å². The zero-order chi connectivity index (χ0) is 25.7. The lowest BCUT2D eigenvalue weighted by Gasteiger charge is -2.16. The summed E-state index contributed by atoms with van der Waals surface area (Å²) < 4.78 is 24.8. The van der Waals surface area contributed by atoms with Crippen LogP contribution in [0.1, 0.15) is 16.7 Å². The number of ether oxygens (including phenoxy) is 2. The molecule has 9 heteroatoms. The number of amidine groups is 1. The highest BCUT2D eigenvalue weighted by atomic mass is 35.5. The van der Waals surface area contributed by atoms with Crippen molar-refractivity contribution in [2.45, 2.75) is 13.0 Å². The molecule has 36 heavy (non-hydrogen) atoms. The van der Waals surface area contributed by atoms with E-state index in [1.807, 2.05) is 6.07 Å². The first-order chi connectivity index (χ1) is 17.4. The largest absolute Gasteiger partial charge is 0.493 e.